The lowest BCUT2D eigenvalue weighted by atomic mass is 9.95. The number of ether oxygens (including phenoxy) is 1. The molecule has 0 saturated heterocycles. The van der Waals surface area contributed by atoms with Crippen LogP contribution in [0.5, 0.6) is 11.5 Å². The van der Waals surface area contributed by atoms with Gasteiger partial charge in [-0.1, -0.05) is 84.9 Å². The van der Waals surface area contributed by atoms with Gasteiger partial charge in [-0.3, -0.25) is 9.13 Å². The normalized spacial score (nSPS) is 11.2. The van der Waals surface area contributed by atoms with Crippen molar-refractivity contribution in [1.82, 2.24) is 24.3 Å². The van der Waals surface area contributed by atoms with Crippen molar-refractivity contribution < 1.29 is 9.13 Å². The maximum absolute atomic E-state index is 15.5. The molecule has 52 heavy (non-hydrogen) atoms. The first kappa shape index (κ1) is 30.7. The first-order chi connectivity index (χ1) is 25.6. The van der Waals surface area contributed by atoms with E-state index in [9.17, 15) is 5.26 Å². The van der Waals surface area contributed by atoms with Crippen LogP contribution in [0.4, 0.5) is 4.39 Å². The third-order valence-corrected chi connectivity index (χ3v) is 9.10. The topological polar surface area (TPSA) is 81.5 Å². The van der Waals surface area contributed by atoms with Crippen LogP contribution in [0.2, 0.25) is 0 Å². The molecule has 7 nitrogen and oxygen atoms in total. The maximum Gasteiger partial charge on any atom is 0.168 e. The highest BCUT2D eigenvalue weighted by molar-refractivity contribution is 6.10. The molecule has 0 unspecified atom stereocenters. The second-order valence-corrected chi connectivity index (χ2v) is 12.3. The van der Waals surface area contributed by atoms with Crippen molar-refractivity contribution in [3.8, 4) is 62.7 Å². The van der Waals surface area contributed by atoms with Crippen LogP contribution in [0, 0.1) is 17.1 Å². The van der Waals surface area contributed by atoms with E-state index >= 15 is 4.39 Å². The molecule has 246 valence electrons. The van der Waals surface area contributed by atoms with E-state index in [0.717, 1.165) is 55.6 Å². The number of hydrogen-bond donors (Lipinski definition) is 0. The first-order valence-electron chi connectivity index (χ1n) is 16.7. The van der Waals surface area contributed by atoms with Gasteiger partial charge >= 0.3 is 0 Å². The van der Waals surface area contributed by atoms with Gasteiger partial charge in [-0.2, -0.15) is 5.26 Å². The predicted molar refractivity (Wildman–Crippen MR) is 201 cm³/mol. The van der Waals surface area contributed by atoms with Gasteiger partial charge in [-0.15, -0.1) is 10.2 Å². The van der Waals surface area contributed by atoms with E-state index in [2.05, 4.69) is 57.6 Å². The van der Waals surface area contributed by atoms with Crippen LogP contribution in [0.1, 0.15) is 5.56 Å². The third-order valence-electron chi connectivity index (χ3n) is 9.10. The van der Waals surface area contributed by atoms with Gasteiger partial charge in [0.1, 0.15) is 29.5 Å². The zero-order valence-electron chi connectivity index (χ0n) is 27.6. The number of aromatic nitrogens is 5. The molecule has 0 aliphatic rings. The van der Waals surface area contributed by atoms with Gasteiger partial charge in [0.2, 0.25) is 0 Å². The predicted octanol–water partition coefficient (Wildman–Crippen LogP) is 10.6. The number of pyridine rings is 1. The lowest BCUT2D eigenvalue weighted by Gasteiger charge is -2.18. The van der Waals surface area contributed by atoms with Crippen LogP contribution < -0.4 is 4.74 Å². The molecule has 9 aromatic rings. The summed E-state index contributed by atoms with van der Waals surface area (Å²) in [6, 6.07) is 50.3. The molecule has 0 bridgehead atoms. The minimum absolute atomic E-state index is 0.302. The number of hydrogen-bond acceptors (Lipinski definition) is 5. The lowest BCUT2D eigenvalue weighted by Crippen LogP contribution is -2.02. The Balaban J connectivity index is 1.16. The van der Waals surface area contributed by atoms with Crippen LogP contribution in [-0.4, -0.2) is 24.3 Å². The van der Waals surface area contributed by atoms with E-state index in [1.807, 2.05) is 100 Å². The molecule has 0 radical (unpaired) electrons. The van der Waals surface area contributed by atoms with Gasteiger partial charge in [0.15, 0.2) is 5.82 Å². The molecule has 0 aliphatic carbocycles. The van der Waals surface area contributed by atoms with E-state index in [0.29, 0.717) is 28.5 Å². The largest absolute Gasteiger partial charge is 0.457 e. The van der Waals surface area contributed by atoms with E-state index in [4.69, 9.17) is 4.74 Å². The fraction of sp³-hybridized carbons (Fsp3) is 0. The molecule has 3 aromatic heterocycles. The number of rotatable bonds is 7. The maximum atomic E-state index is 15.5. The minimum Gasteiger partial charge on any atom is -0.457 e. The Bertz CT molecular complexity index is 2730. The molecular formula is C44H27FN6O. The summed E-state index contributed by atoms with van der Waals surface area (Å²) in [5.41, 5.74) is 7.70. The average Bonchev–Trinajstić information content (AvgIpc) is 3.81. The van der Waals surface area contributed by atoms with Gasteiger partial charge in [-0.25, -0.2) is 9.37 Å². The summed E-state index contributed by atoms with van der Waals surface area (Å²) >= 11 is 0. The standard InChI is InChI=1S/C44H27FN6O/c45-33-23-32(44-49-48-28-50(44)43-36(30-10-3-1-4-11-30)14-9-15-37(43)31-12-5-2-6-13-31)24-35(25-33)52-34-18-19-38-39-22-29(27-46)17-20-40(39)51(41(38)26-34)42-16-7-8-21-47-42/h1-26,28H. The van der Waals surface area contributed by atoms with Crippen LogP contribution in [0.25, 0.3) is 67.0 Å². The number of para-hydroxylation sites is 1. The summed E-state index contributed by atoms with van der Waals surface area (Å²) in [5.74, 6) is 1.52. The molecule has 0 amide bonds. The second-order valence-electron chi connectivity index (χ2n) is 12.3. The molecular weight excluding hydrogens is 648 g/mol. The molecule has 0 atom stereocenters. The molecule has 0 fully saturated rings. The number of fused-ring (bicyclic) bond motifs is 3. The van der Waals surface area contributed by atoms with Crippen molar-refractivity contribution in [2.75, 3.05) is 0 Å². The molecule has 9 rings (SSSR count). The molecule has 0 spiro atoms. The van der Waals surface area contributed by atoms with Crippen LogP contribution in [0.15, 0.2) is 164 Å². The lowest BCUT2D eigenvalue weighted by molar-refractivity contribution is 0.477. The summed E-state index contributed by atoms with van der Waals surface area (Å²) in [7, 11) is 0. The van der Waals surface area contributed by atoms with E-state index in [1.54, 1.807) is 24.7 Å². The number of halogens is 1. The van der Waals surface area contributed by atoms with Crippen molar-refractivity contribution >= 4 is 21.8 Å². The fourth-order valence-corrected chi connectivity index (χ4v) is 6.85. The Labute approximate surface area is 298 Å². The Morgan fingerprint density at radius 3 is 2.08 bits per heavy atom. The second kappa shape index (κ2) is 12.8. The van der Waals surface area contributed by atoms with Gasteiger partial charge in [0, 0.05) is 45.8 Å². The average molecular weight is 675 g/mol. The smallest absolute Gasteiger partial charge is 0.168 e. The monoisotopic (exact) mass is 674 g/mol. The molecule has 0 aliphatic heterocycles. The van der Waals surface area contributed by atoms with Gasteiger partial charge in [-0.05, 0) is 65.7 Å². The van der Waals surface area contributed by atoms with Gasteiger partial charge in [0.25, 0.3) is 0 Å². The molecule has 0 N–H and O–H groups in total. The fourth-order valence-electron chi connectivity index (χ4n) is 6.85. The van der Waals surface area contributed by atoms with Crippen molar-refractivity contribution in [1.29, 1.82) is 5.26 Å². The Morgan fingerprint density at radius 1 is 0.615 bits per heavy atom. The molecule has 0 saturated carbocycles. The summed E-state index contributed by atoms with van der Waals surface area (Å²) in [4.78, 5) is 4.61. The summed E-state index contributed by atoms with van der Waals surface area (Å²) in [6.45, 7) is 0. The third kappa shape index (κ3) is 5.43. The SMILES string of the molecule is N#Cc1ccc2c(c1)c1ccc(Oc3cc(F)cc(-c4nncn4-c4c(-c5ccccc5)cccc4-c4ccccc4)c3)cc1n2-c1ccccn1. The van der Waals surface area contributed by atoms with Crippen molar-refractivity contribution in [3.63, 3.8) is 0 Å². The Kier molecular flexibility index (Phi) is 7.56. The molecule has 8 heteroatoms. The first-order valence-corrected chi connectivity index (χ1v) is 16.7. The summed E-state index contributed by atoms with van der Waals surface area (Å²) in [5, 5.41) is 20.3. The van der Waals surface area contributed by atoms with Crippen molar-refractivity contribution in [2.24, 2.45) is 0 Å². The minimum atomic E-state index is -0.477. The number of benzene rings is 6. The van der Waals surface area contributed by atoms with Crippen molar-refractivity contribution in [2.45, 2.75) is 0 Å². The van der Waals surface area contributed by atoms with E-state index < -0.39 is 5.82 Å². The van der Waals surface area contributed by atoms with Crippen LogP contribution >= 0.6 is 0 Å². The summed E-state index contributed by atoms with van der Waals surface area (Å²) in [6.07, 6.45) is 3.40. The van der Waals surface area contributed by atoms with Gasteiger partial charge in [0.05, 0.1) is 28.4 Å². The Morgan fingerprint density at radius 2 is 1.37 bits per heavy atom. The van der Waals surface area contributed by atoms with Gasteiger partial charge < -0.3 is 4.74 Å². The van der Waals surface area contributed by atoms with Crippen LogP contribution in [-0.2, 0) is 0 Å². The zero-order chi connectivity index (χ0) is 35.0. The quantitative estimate of drug-likeness (QED) is 0.168. The number of nitrogens with zero attached hydrogens (tertiary/aromatic N) is 6. The highest BCUT2D eigenvalue weighted by Crippen LogP contribution is 2.39. The van der Waals surface area contributed by atoms with E-state index in [-0.39, 0.29) is 0 Å². The summed E-state index contributed by atoms with van der Waals surface area (Å²) < 4.78 is 25.9. The molecule has 6 aromatic carbocycles. The highest BCUT2D eigenvalue weighted by Gasteiger charge is 2.20. The number of nitriles is 1. The van der Waals surface area contributed by atoms with Crippen molar-refractivity contribution in [3.05, 3.63) is 176 Å². The van der Waals surface area contributed by atoms with Crippen LogP contribution in [0.3, 0.4) is 0 Å². The van der Waals surface area contributed by atoms with E-state index in [1.165, 1.54) is 12.1 Å². The zero-order valence-corrected chi connectivity index (χ0v) is 27.6. The Hall–Kier alpha value is -7.37. The highest BCUT2D eigenvalue weighted by atomic mass is 19.1. The molecule has 3 heterocycles.